The number of halogens is 2. The van der Waals surface area contributed by atoms with Crippen LogP contribution in [0.5, 0.6) is 0 Å². The largest absolute Gasteiger partial charge is 0.394 e. The summed E-state index contributed by atoms with van der Waals surface area (Å²) in [6.45, 7) is 2.17. The number of nitrogens with zero attached hydrogens (tertiary/aromatic N) is 2. The van der Waals surface area contributed by atoms with Crippen molar-refractivity contribution in [3.05, 3.63) is 29.0 Å². The lowest BCUT2D eigenvalue weighted by atomic mass is 10.2. The van der Waals surface area contributed by atoms with Crippen molar-refractivity contribution in [2.75, 3.05) is 31.1 Å². The number of urea groups is 1. The molecule has 2 amide bonds. The van der Waals surface area contributed by atoms with Gasteiger partial charge in [-0.05, 0) is 37.5 Å². The molecule has 0 aromatic heterocycles. The van der Waals surface area contributed by atoms with Gasteiger partial charge in [0.1, 0.15) is 5.82 Å². The van der Waals surface area contributed by atoms with Crippen LogP contribution in [0.3, 0.4) is 0 Å². The molecule has 0 bridgehead atoms. The van der Waals surface area contributed by atoms with Gasteiger partial charge in [0.25, 0.3) is 0 Å². The molecule has 2 atom stereocenters. The van der Waals surface area contributed by atoms with Crippen LogP contribution in [0.4, 0.5) is 14.9 Å². The Labute approximate surface area is 140 Å². The van der Waals surface area contributed by atoms with Gasteiger partial charge in [-0.15, -0.1) is 0 Å². The predicted octanol–water partition coefficient (Wildman–Crippen LogP) is 2.22. The average molecular weight is 342 g/mol. The molecule has 2 fully saturated rings. The number of aliphatic hydroxyl groups excluding tert-OH is 1. The van der Waals surface area contributed by atoms with Crippen LogP contribution in [0.2, 0.25) is 5.02 Å². The van der Waals surface area contributed by atoms with E-state index in [0.29, 0.717) is 13.1 Å². The molecular weight excluding hydrogens is 321 g/mol. The normalized spacial score (nSPS) is 24.3. The van der Waals surface area contributed by atoms with Crippen molar-refractivity contribution in [2.45, 2.75) is 31.3 Å². The average Bonchev–Trinajstić information content (AvgIpc) is 3.18. The van der Waals surface area contributed by atoms with E-state index in [1.54, 1.807) is 17.0 Å². The SMILES string of the molecule is O=C(NC1CCN(c2ccc(F)c(Cl)c2)C1)N1CCC[C@H]1CO. The molecule has 2 N–H and O–H groups in total. The zero-order chi connectivity index (χ0) is 16.4. The quantitative estimate of drug-likeness (QED) is 0.886. The molecular formula is C16H21ClFN3O2. The number of rotatable bonds is 3. The first-order valence-electron chi connectivity index (χ1n) is 7.96. The van der Waals surface area contributed by atoms with Gasteiger partial charge in [0.2, 0.25) is 0 Å². The van der Waals surface area contributed by atoms with Crippen LogP contribution < -0.4 is 10.2 Å². The van der Waals surface area contributed by atoms with Crippen molar-refractivity contribution in [1.82, 2.24) is 10.2 Å². The third-order valence-electron chi connectivity index (χ3n) is 4.63. The van der Waals surface area contributed by atoms with E-state index in [0.717, 1.165) is 31.5 Å². The van der Waals surface area contributed by atoms with E-state index in [9.17, 15) is 14.3 Å². The molecule has 3 rings (SSSR count). The van der Waals surface area contributed by atoms with Gasteiger partial charge in [-0.1, -0.05) is 11.6 Å². The van der Waals surface area contributed by atoms with Crippen molar-refractivity contribution in [3.8, 4) is 0 Å². The summed E-state index contributed by atoms with van der Waals surface area (Å²) >= 11 is 5.83. The zero-order valence-corrected chi connectivity index (χ0v) is 13.6. The molecule has 2 heterocycles. The number of likely N-dealkylation sites (tertiary alicyclic amines) is 1. The molecule has 0 spiro atoms. The minimum atomic E-state index is -0.427. The van der Waals surface area contributed by atoms with E-state index < -0.39 is 5.82 Å². The maximum atomic E-state index is 13.2. The van der Waals surface area contributed by atoms with Gasteiger partial charge >= 0.3 is 6.03 Å². The van der Waals surface area contributed by atoms with Gasteiger partial charge in [0.05, 0.1) is 17.7 Å². The standard InChI is InChI=1S/C16H21ClFN3O2/c17-14-8-12(3-4-15(14)18)20-7-5-11(9-20)19-16(23)21-6-1-2-13(21)10-22/h3-4,8,11,13,22H,1-2,5-7,9-10H2,(H,19,23)/t11?,13-/m0/s1. The fourth-order valence-corrected chi connectivity index (χ4v) is 3.52. The second-order valence-corrected chi connectivity index (χ2v) is 6.56. The van der Waals surface area contributed by atoms with Crippen LogP contribution in [0.25, 0.3) is 0 Å². The molecule has 2 aliphatic heterocycles. The number of aliphatic hydroxyl groups is 1. The Kier molecular flexibility index (Phi) is 4.92. The number of benzene rings is 1. The molecule has 0 radical (unpaired) electrons. The number of nitrogens with one attached hydrogen (secondary N) is 1. The number of carbonyl (C=O) groups is 1. The maximum Gasteiger partial charge on any atom is 0.318 e. The highest BCUT2D eigenvalue weighted by atomic mass is 35.5. The second-order valence-electron chi connectivity index (χ2n) is 6.15. The van der Waals surface area contributed by atoms with Gasteiger partial charge in [0.15, 0.2) is 0 Å². The number of hydrogen-bond donors (Lipinski definition) is 2. The second kappa shape index (κ2) is 6.93. The van der Waals surface area contributed by atoms with Gasteiger partial charge in [-0.25, -0.2) is 9.18 Å². The first-order chi connectivity index (χ1) is 11.1. The molecule has 126 valence electrons. The Balaban J connectivity index is 1.57. The Bertz CT molecular complexity index is 586. The molecule has 5 nitrogen and oxygen atoms in total. The van der Waals surface area contributed by atoms with Crippen LogP contribution in [0.1, 0.15) is 19.3 Å². The summed E-state index contributed by atoms with van der Waals surface area (Å²) in [5.41, 5.74) is 0.863. The van der Waals surface area contributed by atoms with Crippen molar-refractivity contribution in [2.24, 2.45) is 0 Å². The third kappa shape index (κ3) is 3.53. The van der Waals surface area contributed by atoms with E-state index in [1.165, 1.54) is 6.07 Å². The molecule has 1 unspecified atom stereocenters. The number of amides is 2. The first-order valence-corrected chi connectivity index (χ1v) is 8.34. The van der Waals surface area contributed by atoms with Crippen molar-refractivity contribution in [1.29, 1.82) is 0 Å². The van der Waals surface area contributed by atoms with Gasteiger partial charge in [0, 0.05) is 31.4 Å². The molecule has 0 saturated carbocycles. The van der Waals surface area contributed by atoms with Gasteiger partial charge in [-0.2, -0.15) is 0 Å². The van der Waals surface area contributed by atoms with E-state index in [-0.39, 0.29) is 29.7 Å². The van der Waals surface area contributed by atoms with Crippen LogP contribution in [0.15, 0.2) is 18.2 Å². The summed E-state index contributed by atoms with van der Waals surface area (Å²) < 4.78 is 13.2. The summed E-state index contributed by atoms with van der Waals surface area (Å²) in [7, 11) is 0. The molecule has 23 heavy (non-hydrogen) atoms. The smallest absolute Gasteiger partial charge is 0.318 e. The van der Waals surface area contributed by atoms with Crippen molar-refractivity contribution < 1.29 is 14.3 Å². The molecule has 7 heteroatoms. The van der Waals surface area contributed by atoms with Crippen LogP contribution in [0, 0.1) is 5.82 Å². The molecule has 2 saturated heterocycles. The third-order valence-corrected chi connectivity index (χ3v) is 4.92. The lowest BCUT2D eigenvalue weighted by Gasteiger charge is -2.25. The summed E-state index contributed by atoms with van der Waals surface area (Å²) in [6.07, 6.45) is 2.62. The lowest BCUT2D eigenvalue weighted by molar-refractivity contribution is 0.155. The monoisotopic (exact) mass is 341 g/mol. The Morgan fingerprint density at radius 1 is 1.39 bits per heavy atom. The number of hydrogen-bond acceptors (Lipinski definition) is 3. The summed E-state index contributed by atoms with van der Waals surface area (Å²) in [5, 5.41) is 12.5. The minimum absolute atomic E-state index is 0.0122. The van der Waals surface area contributed by atoms with E-state index in [4.69, 9.17) is 11.6 Å². The van der Waals surface area contributed by atoms with Crippen molar-refractivity contribution in [3.63, 3.8) is 0 Å². The Morgan fingerprint density at radius 3 is 2.96 bits per heavy atom. The summed E-state index contributed by atoms with van der Waals surface area (Å²) in [6, 6.07) is 4.55. The van der Waals surface area contributed by atoms with Crippen molar-refractivity contribution >= 4 is 23.3 Å². The summed E-state index contributed by atoms with van der Waals surface area (Å²) in [5.74, 6) is -0.427. The zero-order valence-electron chi connectivity index (χ0n) is 12.8. The maximum absolute atomic E-state index is 13.2. The molecule has 2 aliphatic rings. The minimum Gasteiger partial charge on any atom is -0.394 e. The fourth-order valence-electron chi connectivity index (χ4n) is 3.34. The predicted molar refractivity (Wildman–Crippen MR) is 87.4 cm³/mol. The summed E-state index contributed by atoms with van der Waals surface area (Å²) in [4.78, 5) is 16.1. The fraction of sp³-hybridized carbons (Fsp3) is 0.562. The highest BCUT2D eigenvalue weighted by molar-refractivity contribution is 6.31. The molecule has 0 aliphatic carbocycles. The Hall–Kier alpha value is -1.53. The Morgan fingerprint density at radius 2 is 2.22 bits per heavy atom. The molecule has 1 aromatic carbocycles. The van der Waals surface area contributed by atoms with E-state index in [2.05, 4.69) is 10.2 Å². The number of anilines is 1. The molecule has 1 aromatic rings. The lowest BCUT2D eigenvalue weighted by Crippen LogP contribution is -2.48. The van der Waals surface area contributed by atoms with E-state index in [1.807, 2.05) is 0 Å². The van der Waals surface area contributed by atoms with Crippen LogP contribution in [-0.4, -0.2) is 54.4 Å². The van der Waals surface area contributed by atoms with E-state index >= 15 is 0 Å². The van der Waals surface area contributed by atoms with Crippen LogP contribution in [-0.2, 0) is 0 Å². The van der Waals surface area contributed by atoms with Gasteiger partial charge < -0.3 is 20.2 Å². The highest BCUT2D eigenvalue weighted by Crippen LogP contribution is 2.26. The van der Waals surface area contributed by atoms with Gasteiger partial charge in [-0.3, -0.25) is 0 Å². The number of carbonyl (C=O) groups excluding carboxylic acids is 1. The topological polar surface area (TPSA) is 55.8 Å². The highest BCUT2D eigenvalue weighted by Gasteiger charge is 2.31. The van der Waals surface area contributed by atoms with Crippen LogP contribution >= 0.6 is 11.6 Å². The first kappa shape index (κ1) is 16.3.